The summed E-state index contributed by atoms with van der Waals surface area (Å²) >= 11 is 0. The van der Waals surface area contributed by atoms with E-state index < -0.39 is 0 Å². The highest BCUT2D eigenvalue weighted by atomic mass is 15.2. The quantitative estimate of drug-likeness (QED) is 0.895. The van der Waals surface area contributed by atoms with E-state index in [1.54, 1.807) is 6.33 Å². The van der Waals surface area contributed by atoms with Gasteiger partial charge in [-0.2, -0.15) is 0 Å². The molecule has 0 unspecified atom stereocenters. The Morgan fingerprint density at radius 3 is 2.50 bits per heavy atom. The molecule has 0 aliphatic rings. The highest BCUT2D eigenvalue weighted by Crippen LogP contribution is 2.23. The summed E-state index contributed by atoms with van der Waals surface area (Å²) in [6.07, 6.45) is 2.62. The predicted octanol–water partition coefficient (Wildman–Crippen LogP) is 2.85. The Hall–Kier alpha value is -2.10. The molecule has 0 atom stereocenters. The first-order valence-electron chi connectivity index (χ1n) is 6.07. The number of rotatable bonds is 4. The molecular weight excluding hydrogens is 224 g/mol. The molecule has 1 aromatic heterocycles. The van der Waals surface area contributed by atoms with Gasteiger partial charge in [-0.1, -0.05) is 19.1 Å². The van der Waals surface area contributed by atoms with E-state index in [4.69, 9.17) is 0 Å². The molecule has 0 bridgehead atoms. The number of anilines is 3. The average molecular weight is 242 g/mol. The van der Waals surface area contributed by atoms with Crippen LogP contribution in [0.25, 0.3) is 0 Å². The molecule has 0 aliphatic carbocycles. The van der Waals surface area contributed by atoms with Gasteiger partial charge in [-0.15, -0.1) is 0 Å². The van der Waals surface area contributed by atoms with E-state index in [-0.39, 0.29) is 0 Å². The van der Waals surface area contributed by atoms with Crippen molar-refractivity contribution >= 4 is 17.3 Å². The third-order valence-electron chi connectivity index (χ3n) is 2.98. The maximum Gasteiger partial charge on any atom is 0.138 e. The molecule has 0 saturated carbocycles. The summed E-state index contributed by atoms with van der Waals surface area (Å²) in [7, 11) is 3.85. The van der Waals surface area contributed by atoms with Crippen molar-refractivity contribution in [1.29, 1.82) is 0 Å². The Kier molecular flexibility index (Phi) is 3.77. The number of hydrogen-bond donors (Lipinski definition) is 1. The first kappa shape index (κ1) is 12.4. The zero-order valence-corrected chi connectivity index (χ0v) is 11.0. The van der Waals surface area contributed by atoms with Gasteiger partial charge >= 0.3 is 0 Å². The molecular formula is C14H18N4. The zero-order valence-electron chi connectivity index (χ0n) is 11.0. The van der Waals surface area contributed by atoms with Crippen LogP contribution in [0.2, 0.25) is 0 Å². The molecule has 1 aromatic carbocycles. The Labute approximate surface area is 108 Å². The summed E-state index contributed by atoms with van der Waals surface area (Å²) in [5.74, 6) is 1.69. The molecule has 0 radical (unpaired) electrons. The van der Waals surface area contributed by atoms with Gasteiger partial charge < -0.3 is 10.2 Å². The van der Waals surface area contributed by atoms with Gasteiger partial charge in [0.2, 0.25) is 0 Å². The topological polar surface area (TPSA) is 41.0 Å². The smallest absolute Gasteiger partial charge is 0.138 e. The molecule has 2 rings (SSSR count). The van der Waals surface area contributed by atoms with E-state index in [1.807, 2.05) is 25.1 Å². The first-order chi connectivity index (χ1) is 8.74. The molecule has 2 aromatic rings. The molecule has 4 nitrogen and oxygen atoms in total. The average Bonchev–Trinajstić information content (AvgIpc) is 2.46. The second kappa shape index (κ2) is 5.49. The number of nitrogens with one attached hydrogen (secondary N) is 1. The van der Waals surface area contributed by atoms with Crippen molar-refractivity contribution in [2.75, 3.05) is 24.3 Å². The summed E-state index contributed by atoms with van der Waals surface area (Å²) in [5.41, 5.74) is 2.46. The molecule has 18 heavy (non-hydrogen) atoms. The lowest BCUT2D eigenvalue weighted by Crippen LogP contribution is -2.11. The van der Waals surface area contributed by atoms with Crippen molar-refractivity contribution in [3.8, 4) is 0 Å². The van der Waals surface area contributed by atoms with E-state index in [0.29, 0.717) is 0 Å². The van der Waals surface area contributed by atoms with Crippen LogP contribution in [-0.2, 0) is 6.42 Å². The second-order valence-electron chi connectivity index (χ2n) is 4.09. The fourth-order valence-corrected chi connectivity index (χ4v) is 1.75. The monoisotopic (exact) mass is 242 g/mol. The lowest BCUT2D eigenvalue weighted by molar-refractivity contribution is 1.07. The number of aromatic nitrogens is 2. The standard InChI is InChI=1S/C14H18N4/c1-4-11-5-7-12(8-6-11)18(3)14-9-13(15-2)16-10-17-14/h5-10H,4H2,1-3H3,(H,15,16,17). The minimum absolute atomic E-state index is 0.817. The van der Waals surface area contributed by atoms with Crippen molar-refractivity contribution in [3.05, 3.63) is 42.2 Å². The maximum atomic E-state index is 4.28. The van der Waals surface area contributed by atoms with E-state index >= 15 is 0 Å². The second-order valence-corrected chi connectivity index (χ2v) is 4.09. The highest BCUT2D eigenvalue weighted by Gasteiger charge is 2.06. The van der Waals surface area contributed by atoms with Crippen LogP contribution >= 0.6 is 0 Å². The van der Waals surface area contributed by atoms with Crippen molar-refractivity contribution in [3.63, 3.8) is 0 Å². The lowest BCUT2D eigenvalue weighted by Gasteiger charge is -2.18. The molecule has 0 spiro atoms. The van der Waals surface area contributed by atoms with Crippen LogP contribution in [0.1, 0.15) is 12.5 Å². The first-order valence-corrected chi connectivity index (χ1v) is 6.07. The fourth-order valence-electron chi connectivity index (χ4n) is 1.75. The van der Waals surface area contributed by atoms with Gasteiger partial charge in [-0.25, -0.2) is 9.97 Å². The molecule has 0 amide bonds. The van der Waals surface area contributed by atoms with Gasteiger partial charge in [0.15, 0.2) is 0 Å². The van der Waals surface area contributed by atoms with E-state index in [2.05, 4.69) is 46.5 Å². The van der Waals surface area contributed by atoms with E-state index in [1.165, 1.54) is 5.56 Å². The van der Waals surface area contributed by atoms with Crippen LogP contribution in [0.15, 0.2) is 36.7 Å². The molecule has 0 fully saturated rings. The van der Waals surface area contributed by atoms with Gasteiger partial charge in [-0.05, 0) is 24.1 Å². The van der Waals surface area contributed by atoms with Gasteiger partial charge in [0.25, 0.3) is 0 Å². The molecule has 0 saturated heterocycles. The molecule has 1 heterocycles. The Bertz CT molecular complexity index is 507. The molecule has 94 valence electrons. The fraction of sp³-hybridized carbons (Fsp3) is 0.286. The van der Waals surface area contributed by atoms with Crippen molar-refractivity contribution < 1.29 is 0 Å². The minimum atomic E-state index is 0.817. The Morgan fingerprint density at radius 2 is 1.89 bits per heavy atom. The molecule has 1 N–H and O–H groups in total. The highest BCUT2D eigenvalue weighted by molar-refractivity contribution is 5.61. The van der Waals surface area contributed by atoms with Crippen molar-refractivity contribution in [2.45, 2.75) is 13.3 Å². The Balaban J connectivity index is 2.25. The largest absolute Gasteiger partial charge is 0.373 e. The van der Waals surface area contributed by atoms with Gasteiger partial charge in [0, 0.05) is 25.8 Å². The van der Waals surface area contributed by atoms with Crippen LogP contribution in [0, 0.1) is 0 Å². The third-order valence-corrected chi connectivity index (χ3v) is 2.98. The van der Waals surface area contributed by atoms with Crippen LogP contribution < -0.4 is 10.2 Å². The summed E-state index contributed by atoms with van der Waals surface area (Å²) in [5, 5.41) is 3.01. The number of aryl methyl sites for hydroxylation is 1. The number of hydrogen-bond acceptors (Lipinski definition) is 4. The maximum absolute atomic E-state index is 4.28. The summed E-state index contributed by atoms with van der Waals surface area (Å²) in [6, 6.07) is 10.4. The summed E-state index contributed by atoms with van der Waals surface area (Å²) < 4.78 is 0. The molecule has 0 aliphatic heterocycles. The van der Waals surface area contributed by atoms with Gasteiger partial charge in [0.1, 0.15) is 18.0 Å². The molecule has 4 heteroatoms. The zero-order chi connectivity index (χ0) is 13.0. The van der Waals surface area contributed by atoms with E-state index in [9.17, 15) is 0 Å². The number of nitrogens with zero attached hydrogens (tertiary/aromatic N) is 3. The van der Waals surface area contributed by atoms with Crippen LogP contribution in [0.5, 0.6) is 0 Å². The summed E-state index contributed by atoms with van der Waals surface area (Å²) in [4.78, 5) is 10.4. The third kappa shape index (κ3) is 2.59. The van der Waals surface area contributed by atoms with Crippen molar-refractivity contribution in [2.24, 2.45) is 0 Å². The van der Waals surface area contributed by atoms with E-state index in [0.717, 1.165) is 23.7 Å². The minimum Gasteiger partial charge on any atom is -0.373 e. The van der Waals surface area contributed by atoms with Gasteiger partial charge in [0.05, 0.1) is 0 Å². The normalized spacial score (nSPS) is 10.2. The Morgan fingerprint density at radius 1 is 1.17 bits per heavy atom. The number of benzene rings is 1. The van der Waals surface area contributed by atoms with Crippen LogP contribution in [-0.4, -0.2) is 24.1 Å². The van der Waals surface area contributed by atoms with Gasteiger partial charge in [-0.3, -0.25) is 0 Å². The van der Waals surface area contributed by atoms with Crippen LogP contribution in [0.4, 0.5) is 17.3 Å². The predicted molar refractivity (Wildman–Crippen MR) is 75.5 cm³/mol. The lowest BCUT2D eigenvalue weighted by atomic mass is 10.1. The SMILES string of the molecule is CCc1ccc(N(C)c2cc(NC)ncn2)cc1. The van der Waals surface area contributed by atoms with Crippen molar-refractivity contribution in [1.82, 2.24) is 9.97 Å². The summed E-state index contributed by atoms with van der Waals surface area (Å²) in [6.45, 7) is 2.16. The van der Waals surface area contributed by atoms with Crippen LogP contribution in [0.3, 0.4) is 0 Å².